The Balaban J connectivity index is 1.54. The highest BCUT2D eigenvalue weighted by Crippen LogP contribution is 2.22. The zero-order valence-electron chi connectivity index (χ0n) is 14.8. The highest BCUT2D eigenvalue weighted by Gasteiger charge is 2.25. The van der Waals surface area contributed by atoms with Gasteiger partial charge in [0.1, 0.15) is 5.82 Å². The molecule has 1 saturated carbocycles. The van der Waals surface area contributed by atoms with Gasteiger partial charge in [0.05, 0.1) is 17.7 Å². The van der Waals surface area contributed by atoms with Gasteiger partial charge in [0, 0.05) is 16.6 Å². The lowest BCUT2D eigenvalue weighted by Crippen LogP contribution is -2.28. The number of hydrogen-bond donors (Lipinski definition) is 2. The fourth-order valence-corrected chi connectivity index (χ4v) is 2.74. The van der Waals surface area contributed by atoms with Gasteiger partial charge in [-0.15, -0.1) is 0 Å². The Morgan fingerprint density at radius 1 is 1.11 bits per heavy atom. The second-order valence-electron chi connectivity index (χ2n) is 6.38. The maximum Gasteiger partial charge on any atom is 0.310 e. The predicted molar refractivity (Wildman–Crippen MR) is 102 cm³/mol. The molecule has 1 aliphatic carbocycles. The summed E-state index contributed by atoms with van der Waals surface area (Å²) in [5, 5.41) is 5.51. The minimum atomic E-state index is -0.790. The van der Waals surface area contributed by atoms with Gasteiger partial charge < -0.3 is 15.4 Å². The van der Waals surface area contributed by atoms with Crippen LogP contribution in [0.4, 0.5) is 10.1 Å². The lowest BCUT2D eigenvalue weighted by atomic mass is 10.1. The average molecular weight is 405 g/mol. The van der Waals surface area contributed by atoms with Crippen molar-refractivity contribution in [2.45, 2.75) is 25.3 Å². The molecule has 2 aromatic rings. The maximum absolute atomic E-state index is 13.7. The number of esters is 1. The van der Waals surface area contributed by atoms with Crippen LogP contribution in [-0.2, 0) is 20.7 Å². The van der Waals surface area contributed by atoms with Gasteiger partial charge >= 0.3 is 5.97 Å². The van der Waals surface area contributed by atoms with Crippen LogP contribution >= 0.6 is 11.6 Å². The molecular weight excluding hydrogens is 387 g/mol. The molecular formula is C20H18ClFN2O4. The van der Waals surface area contributed by atoms with Crippen molar-refractivity contribution < 1.29 is 23.5 Å². The van der Waals surface area contributed by atoms with Crippen LogP contribution < -0.4 is 10.6 Å². The van der Waals surface area contributed by atoms with E-state index < -0.39 is 24.3 Å². The number of para-hydroxylation sites is 1. The Morgan fingerprint density at radius 3 is 2.57 bits per heavy atom. The zero-order chi connectivity index (χ0) is 20.1. The van der Waals surface area contributed by atoms with E-state index in [0.717, 1.165) is 12.8 Å². The molecule has 0 spiro atoms. The van der Waals surface area contributed by atoms with Crippen molar-refractivity contribution in [1.29, 1.82) is 0 Å². The smallest absolute Gasteiger partial charge is 0.310 e. The average Bonchev–Trinajstić information content (AvgIpc) is 3.47. The van der Waals surface area contributed by atoms with Crippen molar-refractivity contribution in [3.05, 3.63) is 64.4 Å². The topological polar surface area (TPSA) is 84.5 Å². The van der Waals surface area contributed by atoms with Gasteiger partial charge in [-0.1, -0.05) is 29.8 Å². The number of benzene rings is 2. The summed E-state index contributed by atoms with van der Waals surface area (Å²) in [5.41, 5.74) is 0.655. The molecule has 0 unspecified atom stereocenters. The molecule has 146 valence electrons. The molecule has 0 bridgehead atoms. The molecule has 0 aromatic heterocycles. The first-order valence-corrected chi connectivity index (χ1v) is 9.10. The van der Waals surface area contributed by atoms with Gasteiger partial charge in [0.15, 0.2) is 6.61 Å². The largest absolute Gasteiger partial charge is 0.455 e. The number of anilines is 1. The predicted octanol–water partition coefficient (Wildman–Crippen LogP) is 3.10. The number of amides is 2. The number of rotatable bonds is 7. The Labute approximate surface area is 166 Å². The van der Waals surface area contributed by atoms with E-state index in [9.17, 15) is 18.8 Å². The van der Waals surface area contributed by atoms with E-state index in [1.165, 1.54) is 18.2 Å². The number of carbonyl (C=O) groups excluding carboxylic acids is 3. The third-order valence-electron chi connectivity index (χ3n) is 4.11. The SMILES string of the molecule is O=C(COC(=O)Cc1c(F)cccc1Cl)Nc1ccccc1C(=O)NC1CC1. The molecule has 2 N–H and O–H groups in total. The summed E-state index contributed by atoms with van der Waals surface area (Å²) in [4.78, 5) is 36.2. The van der Waals surface area contributed by atoms with Gasteiger partial charge in [0.25, 0.3) is 11.8 Å². The number of carbonyl (C=O) groups is 3. The summed E-state index contributed by atoms with van der Waals surface area (Å²) in [6.45, 7) is -0.566. The first kappa shape index (κ1) is 19.8. The Hall–Kier alpha value is -2.93. The monoisotopic (exact) mass is 404 g/mol. The third kappa shape index (κ3) is 5.29. The van der Waals surface area contributed by atoms with Crippen molar-refractivity contribution >= 4 is 35.1 Å². The Morgan fingerprint density at radius 2 is 1.86 bits per heavy atom. The summed E-state index contributed by atoms with van der Waals surface area (Å²) in [6.07, 6.45) is 1.50. The molecule has 0 heterocycles. The van der Waals surface area contributed by atoms with E-state index in [1.807, 2.05) is 0 Å². The van der Waals surface area contributed by atoms with E-state index >= 15 is 0 Å². The molecule has 0 saturated heterocycles. The van der Waals surface area contributed by atoms with Crippen LogP contribution in [0, 0.1) is 5.82 Å². The molecule has 0 radical (unpaired) electrons. The highest BCUT2D eigenvalue weighted by atomic mass is 35.5. The van der Waals surface area contributed by atoms with E-state index in [2.05, 4.69) is 10.6 Å². The summed E-state index contributed by atoms with van der Waals surface area (Å²) in [5.74, 6) is -2.30. The summed E-state index contributed by atoms with van der Waals surface area (Å²) in [6, 6.07) is 10.8. The molecule has 28 heavy (non-hydrogen) atoms. The van der Waals surface area contributed by atoms with E-state index in [-0.39, 0.29) is 29.0 Å². The fraction of sp³-hybridized carbons (Fsp3) is 0.250. The van der Waals surface area contributed by atoms with E-state index in [4.69, 9.17) is 16.3 Å². The molecule has 3 rings (SSSR count). The van der Waals surface area contributed by atoms with Gasteiger partial charge in [0.2, 0.25) is 0 Å². The standard InChI is InChI=1S/C20H18ClFN2O4/c21-15-5-3-6-16(22)14(15)10-19(26)28-11-18(25)24-17-7-2-1-4-13(17)20(27)23-12-8-9-12/h1-7,12H,8-11H2,(H,23,27)(H,24,25). The van der Waals surface area contributed by atoms with Gasteiger partial charge in [-0.25, -0.2) is 4.39 Å². The van der Waals surface area contributed by atoms with Crippen LogP contribution in [-0.4, -0.2) is 30.4 Å². The lowest BCUT2D eigenvalue weighted by Gasteiger charge is -2.11. The minimum absolute atomic E-state index is 0.0108. The second-order valence-corrected chi connectivity index (χ2v) is 6.79. The lowest BCUT2D eigenvalue weighted by molar-refractivity contribution is -0.146. The summed E-state index contributed by atoms with van der Waals surface area (Å²) in [7, 11) is 0. The molecule has 2 aromatic carbocycles. The minimum Gasteiger partial charge on any atom is -0.455 e. The molecule has 1 fully saturated rings. The quantitative estimate of drug-likeness (QED) is 0.694. The molecule has 1 aliphatic rings. The van der Waals surface area contributed by atoms with Gasteiger partial charge in [-0.2, -0.15) is 0 Å². The summed E-state index contributed by atoms with van der Waals surface area (Å²) >= 11 is 5.87. The van der Waals surface area contributed by atoms with Crippen molar-refractivity contribution in [1.82, 2.24) is 5.32 Å². The fourth-order valence-electron chi connectivity index (χ4n) is 2.51. The van der Waals surface area contributed by atoms with Crippen molar-refractivity contribution in [2.75, 3.05) is 11.9 Å². The van der Waals surface area contributed by atoms with Crippen LogP contribution in [0.25, 0.3) is 0 Å². The van der Waals surface area contributed by atoms with Crippen LogP contribution in [0.15, 0.2) is 42.5 Å². The molecule has 8 heteroatoms. The van der Waals surface area contributed by atoms with Crippen LogP contribution in [0.3, 0.4) is 0 Å². The summed E-state index contributed by atoms with van der Waals surface area (Å²) < 4.78 is 18.6. The van der Waals surface area contributed by atoms with E-state index in [1.54, 1.807) is 24.3 Å². The molecule has 0 aliphatic heterocycles. The Kier molecular flexibility index (Phi) is 6.26. The number of nitrogens with one attached hydrogen (secondary N) is 2. The molecule has 0 atom stereocenters. The van der Waals surface area contributed by atoms with Gasteiger partial charge in [-0.05, 0) is 37.1 Å². The van der Waals surface area contributed by atoms with E-state index in [0.29, 0.717) is 11.3 Å². The zero-order valence-corrected chi connectivity index (χ0v) is 15.6. The molecule has 2 amide bonds. The maximum atomic E-state index is 13.7. The number of ether oxygens (including phenoxy) is 1. The van der Waals surface area contributed by atoms with Crippen molar-refractivity contribution in [3.8, 4) is 0 Å². The van der Waals surface area contributed by atoms with Crippen LogP contribution in [0.2, 0.25) is 5.02 Å². The normalized spacial score (nSPS) is 12.9. The van der Waals surface area contributed by atoms with Crippen molar-refractivity contribution in [3.63, 3.8) is 0 Å². The third-order valence-corrected chi connectivity index (χ3v) is 4.46. The first-order chi connectivity index (χ1) is 13.4. The molecule has 6 nitrogen and oxygen atoms in total. The van der Waals surface area contributed by atoms with Crippen molar-refractivity contribution in [2.24, 2.45) is 0 Å². The van der Waals surface area contributed by atoms with Crippen LogP contribution in [0.5, 0.6) is 0 Å². The first-order valence-electron chi connectivity index (χ1n) is 8.72. The highest BCUT2D eigenvalue weighted by molar-refractivity contribution is 6.31. The van der Waals surface area contributed by atoms with Gasteiger partial charge in [-0.3, -0.25) is 14.4 Å². The number of hydrogen-bond acceptors (Lipinski definition) is 4. The second kappa shape index (κ2) is 8.84. The van der Waals surface area contributed by atoms with Crippen LogP contribution in [0.1, 0.15) is 28.8 Å². The Bertz CT molecular complexity index is 895. The number of halogens is 2.